The fraction of sp³-hybridized carbons (Fsp3) is 0.0294. The monoisotopic (exact) mass is 498 g/mol. The SMILES string of the molecule is c1cc[n+]2c(c1)-n1c3ccccc3c3ccc4c(c31)C21c2c(ccc3c5ccncc5c5ccc[n+]1c5c23)O4. The molecule has 0 N–H and O–H groups in total. The number of hydrogen-bond acceptors (Lipinski definition) is 2. The van der Waals surface area contributed by atoms with Crippen molar-refractivity contribution >= 4 is 54.3 Å². The molecule has 178 valence electrons. The van der Waals surface area contributed by atoms with Gasteiger partial charge in [0, 0.05) is 40.7 Å². The molecule has 4 aromatic carbocycles. The molecule has 7 heterocycles. The number of rotatable bonds is 0. The van der Waals surface area contributed by atoms with E-state index in [-0.39, 0.29) is 0 Å². The molecule has 1 spiro atoms. The van der Waals surface area contributed by atoms with Crippen LogP contribution in [0.25, 0.3) is 60.1 Å². The Hall–Kier alpha value is -5.29. The van der Waals surface area contributed by atoms with Gasteiger partial charge in [0.2, 0.25) is 5.52 Å². The molecule has 0 aliphatic carbocycles. The Labute approximate surface area is 221 Å². The summed E-state index contributed by atoms with van der Waals surface area (Å²) in [5.74, 6) is 2.96. The highest BCUT2D eigenvalue weighted by molar-refractivity contribution is 6.25. The second-order valence-electron chi connectivity index (χ2n) is 10.8. The third-order valence-electron chi connectivity index (χ3n) is 9.28. The number of pyridine rings is 3. The van der Waals surface area contributed by atoms with Crippen LogP contribution in [0, 0.1) is 0 Å². The van der Waals surface area contributed by atoms with E-state index in [4.69, 9.17) is 4.74 Å². The second-order valence-corrected chi connectivity index (χ2v) is 10.8. The van der Waals surface area contributed by atoms with Crippen LogP contribution < -0.4 is 13.9 Å². The minimum absolute atomic E-state index is 0.629. The summed E-state index contributed by atoms with van der Waals surface area (Å²) in [6, 6.07) is 30.6. The lowest BCUT2D eigenvalue weighted by Gasteiger charge is -2.34. The quantitative estimate of drug-likeness (QED) is 0.183. The molecule has 3 aliphatic heterocycles. The molecule has 5 heteroatoms. The van der Waals surface area contributed by atoms with Gasteiger partial charge in [-0.05, 0) is 65.4 Å². The van der Waals surface area contributed by atoms with E-state index < -0.39 is 5.66 Å². The minimum atomic E-state index is -0.629. The first-order chi connectivity index (χ1) is 19.4. The molecule has 5 nitrogen and oxygen atoms in total. The van der Waals surface area contributed by atoms with Gasteiger partial charge in [-0.1, -0.05) is 18.2 Å². The molecule has 11 rings (SSSR count). The molecule has 0 bridgehead atoms. The van der Waals surface area contributed by atoms with E-state index in [1.165, 1.54) is 65.4 Å². The fourth-order valence-electron chi connectivity index (χ4n) is 8.01. The van der Waals surface area contributed by atoms with Gasteiger partial charge < -0.3 is 4.74 Å². The first kappa shape index (κ1) is 18.9. The van der Waals surface area contributed by atoms with Crippen molar-refractivity contribution in [2.75, 3.05) is 0 Å². The van der Waals surface area contributed by atoms with Crippen molar-refractivity contribution in [1.29, 1.82) is 0 Å². The van der Waals surface area contributed by atoms with Gasteiger partial charge in [-0.3, -0.25) is 4.98 Å². The normalized spacial score (nSPS) is 17.5. The molecule has 4 aromatic heterocycles. The maximum atomic E-state index is 6.83. The van der Waals surface area contributed by atoms with Crippen LogP contribution in [0.4, 0.5) is 0 Å². The average Bonchev–Trinajstić information content (AvgIpc) is 3.50. The van der Waals surface area contributed by atoms with E-state index in [2.05, 4.69) is 116 Å². The summed E-state index contributed by atoms with van der Waals surface area (Å²) in [5, 5.41) is 8.60. The number of para-hydroxylation sites is 1. The number of benzene rings is 4. The highest BCUT2D eigenvalue weighted by Gasteiger charge is 2.66. The first-order valence-corrected chi connectivity index (χ1v) is 13.3. The molecule has 8 aromatic rings. The van der Waals surface area contributed by atoms with Crippen molar-refractivity contribution in [3.8, 4) is 17.3 Å². The Morgan fingerprint density at radius 3 is 2.44 bits per heavy atom. The van der Waals surface area contributed by atoms with Crippen molar-refractivity contribution < 1.29 is 13.9 Å². The standard InChI is InChI=1S/C34H18N4O/c1-2-8-25-20(6-1)23-11-13-27-31-33(23)38(25)28-9-3-4-16-36(28)34(31)30-26(39-27)12-10-21-19-14-15-35-18-24(19)22-7-5-17-37(34)32(22)29(21)30/h1-18H/q+2. The van der Waals surface area contributed by atoms with Crippen molar-refractivity contribution in [1.82, 2.24) is 9.55 Å². The molecule has 0 saturated heterocycles. The van der Waals surface area contributed by atoms with E-state index >= 15 is 0 Å². The Morgan fingerprint density at radius 1 is 0.641 bits per heavy atom. The zero-order chi connectivity index (χ0) is 25.0. The largest absolute Gasteiger partial charge is 0.456 e. The zero-order valence-electron chi connectivity index (χ0n) is 20.6. The zero-order valence-corrected chi connectivity index (χ0v) is 20.6. The number of aromatic nitrogens is 4. The topological polar surface area (TPSA) is 34.8 Å². The highest BCUT2D eigenvalue weighted by atomic mass is 16.5. The van der Waals surface area contributed by atoms with E-state index in [1.807, 2.05) is 12.4 Å². The fourth-order valence-corrected chi connectivity index (χ4v) is 8.01. The van der Waals surface area contributed by atoms with Crippen molar-refractivity contribution in [3.63, 3.8) is 0 Å². The molecular formula is C34H18N4O+2. The van der Waals surface area contributed by atoms with Gasteiger partial charge in [0.1, 0.15) is 22.6 Å². The predicted octanol–water partition coefficient (Wildman–Crippen LogP) is 6.24. The van der Waals surface area contributed by atoms with E-state index in [0.717, 1.165) is 17.3 Å². The van der Waals surface area contributed by atoms with Crippen LogP contribution in [0.5, 0.6) is 11.5 Å². The minimum Gasteiger partial charge on any atom is -0.456 e. The number of hydrogen-bond donors (Lipinski definition) is 0. The second kappa shape index (κ2) is 5.89. The highest BCUT2D eigenvalue weighted by Crippen LogP contribution is 2.57. The van der Waals surface area contributed by atoms with Crippen LogP contribution in [0.1, 0.15) is 11.1 Å². The molecule has 0 radical (unpaired) electrons. The van der Waals surface area contributed by atoms with Gasteiger partial charge in [-0.15, -0.1) is 4.57 Å². The van der Waals surface area contributed by atoms with Gasteiger partial charge in [0.05, 0.1) is 17.0 Å². The lowest BCUT2D eigenvalue weighted by Crippen LogP contribution is -2.75. The van der Waals surface area contributed by atoms with Crippen LogP contribution in [0.2, 0.25) is 0 Å². The van der Waals surface area contributed by atoms with Crippen molar-refractivity contribution in [2.45, 2.75) is 5.66 Å². The van der Waals surface area contributed by atoms with Gasteiger partial charge in [0.25, 0.3) is 5.82 Å². The average molecular weight is 499 g/mol. The smallest absolute Gasteiger partial charge is 0.374 e. The van der Waals surface area contributed by atoms with Gasteiger partial charge >= 0.3 is 5.66 Å². The molecule has 0 amide bonds. The molecule has 1 atom stereocenters. The maximum absolute atomic E-state index is 6.83. The van der Waals surface area contributed by atoms with Gasteiger partial charge in [-0.2, -0.15) is 9.13 Å². The van der Waals surface area contributed by atoms with E-state index in [1.54, 1.807) is 0 Å². The van der Waals surface area contributed by atoms with E-state index in [9.17, 15) is 0 Å². The van der Waals surface area contributed by atoms with E-state index in [0.29, 0.717) is 0 Å². The summed E-state index contributed by atoms with van der Waals surface area (Å²) in [4.78, 5) is 4.53. The van der Waals surface area contributed by atoms with Gasteiger partial charge in [0.15, 0.2) is 17.3 Å². The summed E-state index contributed by atoms with van der Waals surface area (Å²) in [6.45, 7) is 0. The lowest BCUT2D eigenvalue weighted by molar-refractivity contribution is -0.956. The molecule has 3 aliphatic rings. The molecule has 1 unspecified atom stereocenters. The third kappa shape index (κ3) is 1.78. The van der Waals surface area contributed by atoms with Gasteiger partial charge in [-0.25, -0.2) is 0 Å². The van der Waals surface area contributed by atoms with Crippen LogP contribution in [0.3, 0.4) is 0 Å². The Bertz CT molecular complexity index is 2490. The summed E-state index contributed by atoms with van der Waals surface area (Å²) in [7, 11) is 0. The third-order valence-corrected chi connectivity index (χ3v) is 9.28. The van der Waals surface area contributed by atoms with Crippen molar-refractivity contribution in [3.05, 3.63) is 121 Å². The summed E-state index contributed by atoms with van der Waals surface area (Å²) >= 11 is 0. The van der Waals surface area contributed by atoms with Crippen LogP contribution >= 0.6 is 0 Å². The Kier molecular flexibility index (Phi) is 2.85. The molecular weight excluding hydrogens is 480 g/mol. The van der Waals surface area contributed by atoms with Crippen LogP contribution in [-0.4, -0.2) is 9.55 Å². The molecule has 39 heavy (non-hydrogen) atoms. The van der Waals surface area contributed by atoms with Crippen LogP contribution in [-0.2, 0) is 5.66 Å². The Morgan fingerprint density at radius 2 is 1.46 bits per heavy atom. The summed E-state index contributed by atoms with van der Waals surface area (Å²) in [6.07, 6.45) is 8.40. The number of fused-ring (bicyclic) bond motifs is 8. The maximum Gasteiger partial charge on any atom is 0.374 e. The summed E-state index contributed by atoms with van der Waals surface area (Å²) in [5.41, 5.74) is 5.42. The van der Waals surface area contributed by atoms with Crippen LogP contribution in [0.15, 0.2) is 110 Å². The molecule has 0 saturated carbocycles. The predicted molar refractivity (Wildman–Crippen MR) is 150 cm³/mol. The number of ether oxygens (including phenoxy) is 1. The first-order valence-electron chi connectivity index (χ1n) is 13.3. The van der Waals surface area contributed by atoms with Crippen molar-refractivity contribution in [2.24, 2.45) is 0 Å². The molecule has 0 fully saturated rings. The number of nitrogens with zero attached hydrogens (tertiary/aromatic N) is 4. The Balaban J connectivity index is 1.51. The lowest BCUT2D eigenvalue weighted by atomic mass is 9.83. The summed E-state index contributed by atoms with van der Waals surface area (Å²) < 4.78 is 14.2.